The highest BCUT2D eigenvalue weighted by atomic mass is 14.2. The van der Waals surface area contributed by atoms with Gasteiger partial charge in [0.25, 0.3) is 0 Å². The van der Waals surface area contributed by atoms with Crippen molar-refractivity contribution in [2.24, 2.45) is 0 Å². The van der Waals surface area contributed by atoms with Crippen LogP contribution in [0.5, 0.6) is 0 Å². The molecule has 3 rings (SSSR count). The minimum absolute atomic E-state index is 0.916. The SMILES string of the molecule is C=CC/C(=C1/CCCC/C1=C(/CC=C)c1ccccc1)c1ccccc1. The molecule has 132 valence electrons. The van der Waals surface area contributed by atoms with E-state index >= 15 is 0 Å². The first-order valence-electron chi connectivity index (χ1n) is 9.62. The molecule has 0 heteroatoms. The van der Waals surface area contributed by atoms with Gasteiger partial charge in [0, 0.05) is 0 Å². The maximum absolute atomic E-state index is 4.02. The van der Waals surface area contributed by atoms with Crippen molar-refractivity contribution in [2.75, 3.05) is 0 Å². The molecule has 0 atom stereocenters. The van der Waals surface area contributed by atoms with E-state index in [0.717, 1.165) is 25.7 Å². The zero-order valence-electron chi connectivity index (χ0n) is 15.6. The Morgan fingerprint density at radius 1 is 0.654 bits per heavy atom. The van der Waals surface area contributed by atoms with Gasteiger partial charge in [-0.25, -0.2) is 0 Å². The first-order chi connectivity index (χ1) is 12.8. The van der Waals surface area contributed by atoms with Gasteiger partial charge in [0.2, 0.25) is 0 Å². The monoisotopic (exact) mass is 340 g/mol. The second-order valence-electron chi connectivity index (χ2n) is 6.84. The van der Waals surface area contributed by atoms with E-state index in [0.29, 0.717) is 0 Å². The molecule has 26 heavy (non-hydrogen) atoms. The van der Waals surface area contributed by atoms with Gasteiger partial charge in [0.15, 0.2) is 0 Å². The van der Waals surface area contributed by atoms with Crippen molar-refractivity contribution in [3.8, 4) is 0 Å². The molecule has 0 bridgehead atoms. The van der Waals surface area contributed by atoms with Crippen LogP contribution in [0, 0.1) is 0 Å². The fourth-order valence-corrected chi connectivity index (χ4v) is 3.97. The predicted molar refractivity (Wildman–Crippen MR) is 115 cm³/mol. The number of benzene rings is 2. The second-order valence-corrected chi connectivity index (χ2v) is 6.84. The summed E-state index contributed by atoms with van der Waals surface area (Å²) < 4.78 is 0. The van der Waals surface area contributed by atoms with Crippen LogP contribution in [-0.4, -0.2) is 0 Å². The van der Waals surface area contributed by atoms with E-state index in [-0.39, 0.29) is 0 Å². The molecule has 2 aromatic carbocycles. The molecule has 0 heterocycles. The van der Waals surface area contributed by atoms with Crippen molar-refractivity contribution in [3.63, 3.8) is 0 Å². The minimum Gasteiger partial charge on any atom is -0.103 e. The third kappa shape index (κ3) is 4.14. The van der Waals surface area contributed by atoms with Gasteiger partial charge in [-0.15, -0.1) is 13.2 Å². The fourth-order valence-electron chi connectivity index (χ4n) is 3.97. The van der Waals surface area contributed by atoms with Crippen molar-refractivity contribution in [1.29, 1.82) is 0 Å². The summed E-state index contributed by atoms with van der Waals surface area (Å²) in [6.45, 7) is 8.04. The lowest BCUT2D eigenvalue weighted by Gasteiger charge is -2.26. The van der Waals surface area contributed by atoms with Crippen LogP contribution < -0.4 is 0 Å². The van der Waals surface area contributed by atoms with Crippen LogP contribution in [0.1, 0.15) is 49.7 Å². The number of hydrogen-bond acceptors (Lipinski definition) is 0. The normalized spacial score (nSPS) is 18.2. The van der Waals surface area contributed by atoms with Gasteiger partial charge in [-0.1, -0.05) is 72.8 Å². The van der Waals surface area contributed by atoms with Gasteiger partial charge in [-0.3, -0.25) is 0 Å². The molecule has 1 fully saturated rings. The summed E-state index contributed by atoms with van der Waals surface area (Å²) in [6.07, 6.45) is 10.7. The number of allylic oxidation sites excluding steroid dienone is 6. The highest BCUT2D eigenvalue weighted by Gasteiger charge is 2.20. The zero-order chi connectivity index (χ0) is 18.2. The van der Waals surface area contributed by atoms with Gasteiger partial charge >= 0.3 is 0 Å². The summed E-state index contributed by atoms with van der Waals surface area (Å²) in [6, 6.07) is 21.6. The van der Waals surface area contributed by atoms with Crippen LogP contribution in [0.3, 0.4) is 0 Å². The molecule has 0 saturated heterocycles. The maximum atomic E-state index is 4.02. The summed E-state index contributed by atoms with van der Waals surface area (Å²) in [7, 11) is 0. The predicted octanol–water partition coefficient (Wildman–Crippen LogP) is 7.62. The molecule has 1 saturated carbocycles. The van der Waals surface area contributed by atoms with Gasteiger partial charge in [-0.05, 0) is 71.9 Å². The molecular weight excluding hydrogens is 312 g/mol. The van der Waals surface area contributed by atoms with E-state index in [1.54, 1.807) is 0 Å². The molecular formula is C26H28. The number of hydrogen-bond donors (Lipinski definition) is 0. The average Bonchev–Trinajstić information content (AvgIpc) is 2.72. The van der Waals surface area contributed by atoms with E-state index in [9.17, 15) is 0 Å². The van der Waals surface area contributed by atoms with Crippen molar-refractivity contribution >= 4 is 11.1 Å². The van der Waals surface area contributed by atoms with Crippen LogP contribution in [0.2, 0.25) is 0 Å². The summed E-state index contributed by atoms with van der Waals surface area (Å²) in [5, 5.41) is 0. The van der Waals surface area contributed by atoms with Crippen LogP contribution in [-0.2, 0) is 0 Å². The van der Waals surface area contributed by atoms with E-state index in [4.69, 9.17) is 0 Å². The molecule has 0 amide bonds. The lowest BCUT2D eigenvalue weighted by molar-refractivity contribution is 0.679. The smallest absolute Gasteiger partial charge is 0.00914 e. The molecule has 0 N–H and O–H groups in total. The summed E-state index contributed by atoms with van der Waals surface area (Å²) >= 11 is 0. The Kier molecular flexibility index (Phi) is 6.44. The Labute approximate surface area is 158 Å². The fraction of sp³-hybridized carbons (Fsp3) is 0.231. The van der Waals surface area contributed by atoms with Gasteiger partial charge in [-0.2, -0.15) is 0 Å². The maximum Gasteiger partial charge on any atom is -0.00914 e. The number of rotatable bonds is 6. The molecule has 1 aliphatic rings. The van der Waals surface area contributed by atoms with Gasteiger partial charge in [0.05, 0.1) is 0 Å². The molecule has 0 radical (unpaired) electrons. The van der Waals surface area contributed by atoms with Crippen molar-refractivity contribution in [1.82, 2.24) is 0 Å². The zero-order valence-corrected chi connectivity index (χ0v) is 15.6. The molecule has 0 unspecified atom stereocenters. The molecule has 0 aromatic heterocycles. The Morgan fingerprint density at radius 3 is 1.38 bits per heavy atom. The summed E-state index contributed by atoms with van der Waals surface area (Å²) in [5.41, 5.74) is 8.59. The van der Waals surface area contributed by atoms with Crippen molar-refractivity contribution < 1.29 is 0 Å². The molecule has 0 spiro atoms. The topological polar surface area (TPSA) is 0 Å². The van der Waals surface area contributed by atoms with E-state index in [2.05, 4.69) is 73.8 Å². The van der Waals surface area contributed by atoms with Gasteiger partial charge in [0.1, 0.15) is 0 Å². The summed E-state index contributed by atoms with van der Waals surface area (Å²) in [4.78, 5) is 0. The molecule has 1 aliphatic carbocycles. The van der Waals surface area contributed by atoms with Crippen LogP contribution >= 0.6 is 0 Å². The summed E-state index contributed by atoms with van der Waals surface area (Å²) in [5.74, 6) is 0. The van der Waals surface area contributed by atoms with E-state index in [1.165, 1.54) is 46.3 Å². The molecule has 0 nitrogen and oxygen atoms in total. The van der Waals surface area contributed by atoms with Crippen molar-refractivity contribution in [2.45, 2.75) is 38.5 Å². The van der Waals surface area contributed by atoms with Crippen LogP contribution in [0.4, 0.5) is 0 Å². The van der Waals surface area contributed by atoms with Crippen LogP contribution in [0.25, 0.3) is 11.1 Å². The Hall–Kier alpha value is -2.60. The Morgan fingerprint density at radius 2 is 1.04 bits per heavy atom. The first-order valence-corrected chi connectivity index (χ1v) is 9.62. The van der Waals surface area contributed by atoms with Gasteiger partial charge < -0.3 is 0 Å². The lowest BCUT2D eigenvalue weighted by Crippen LogP contribution is -2.05. The highest BCUT2D eigenvalue weighted by molar-refractivity contribution is 5.81. The van der Waals surface area contributed by atoms with E-state index in [1.807, 2.05) is 12.2 Å². The molecule has 2 aromatic rings. The Balaban J connectivity index is 2.21. The van der Waals surface area contributed by atoms with Crippen LogP contribution in [0.15, 0.2) is 97.1 Å². The van der Waals surface area contributed by atoms with Crippen molar-refractivity contribution in [3.05, 3.63) is 108 Å². The third-order valence-electron chi connectivity index (χ3n) is 5.14. The standard InChI is InChI=1S/C26H28/c1-3-13-23(21-15-7-5-8-16-21)25-19-11-12-20-26(25)24(14-4-2)22-17-9-6-10-18-22/h3-10,15-18H,1-2,11-14,19-20H2/b25-23+,26-24+. The third-order valence-corrected chi connectivity index (χ3v) is 5.14. The average molecular weight is 341 g/mol. The largest absolute Gasteiger partial charge is 0.103 e. The van der Waals surface area contributed by atoms with E-state index < -0.39 is 0 Å². The quantitative estimate of drug-likeness (QED) is 0.474. The first kappa shape index (κ1) is 18.2. The minimum atomic E-state index is 0.916. The lowest BCUT2D eigenvalue weighted by atomic mass is 9.79. The Bertz CT molecular complexity index is 732. The molecule has 0 aliphatic heterocycles. The highest BCUT2D eigenvalue weighted by Crippen LogP contribution is 2.41. The second kappa shape index (κ2) is 9.20.